The van der Waals surface area contributed by atoms with Crippen molar-refractivity contribution in [3.05, 3.63) is 29.3 Å². The molecule has 0 saturated heterocycles. The maximum Gasteiger partial charge on any atom is 0.177 e. The van der Waals surface area contributed by atoms with E-state index in [4.69, 9.17) is 11.0 Å². The molecule has 4 nitrogen and oxygen atoms in total. The molecule has 0 fully saturated rings. The summed E-state index contributed by atoms with van der Waals surface area (Å²) in [6.45, 7) is 1.69. The summed E-state index contributed by atoms with van der Waals surface area (Å²) in [6.07, 6.45) is 1.08. The third-order valence-electron chi connectivity index (χ3n) is 2.03. The van der Waals surface area contributed by atoms with E-state index in [9.17, 15) is 8.42 Å². The van der Waals surface area contributed by atoms with E-state index in [0.29, 0.717) is 5.56 Å². The summed E-state index contributed by atoms with van der Waals surface area (Å²) in [5, 5.41) is 8.83. The normalized spacial score (nSPS) is 13.2. The number of nitriles is 1. The van der Waals surface area contributed by atoms with Gasteiger partial charge in [-0.25, -0.2) is 8.42 Å². The van der Waals surface area contributed by atoms with Crippen molar-refractivity contribution in [3.8, 4) is 6.07 Å². The van der Waals surface area contributed by atoms with Crippen LogP contribution in [0.15, 0.2) is 23.1 Å². The van der Waals surface area contributed by atoms with Gasteiger partial charge >= 0.3 is 0 Å². The van der Waals surface area contributed by atoms with Gasteiger partial charge in [0.1, 0.15) is 6.07 Å². The number of sulfone groups is 1. The predicted octanol–water partition coefficient (Wildman–Crippen LogP) is 0.981. The summed E-state index contributed by atoms with van der Waals surface area (Å²) < 4.78 is 23.1. The largest absolute Gasteiger partial charge is 0.324 e. The lowest BCUT2D eigenvalue weighted by molar-refractivity contribution is 0.599. The Balaban J connectivity index is 3.65. The molecule has 0 aliphatic rings. The molecule has 1 aromatic carbocycles. The topological polar surface area (TPSA) is 83.9 Å². The molecule has 15 heavy (non-hydrogen) atoms. The first kappa shape index (κ1) is 11.7. The summed E-state index contributed by atoms with van der Waals surface area (Å²) in [7, 11) is -3.42. The zero-order valence-electron chi connectivity index (χ0n) is 8.56. The van der Waals surface area contributed by atoms with Crippen LogP contribution in [-0.2, 0) is 9.84 Å². The maximum absolute atomic E-state index is 11.5. The second kappa shape index (κ2) is 4.01. The molecule has 1 aromatic rings. The van der Waals surface area contributed by atoms with Gasteiger partial charge in [-0.05, 0) is 18.6 Å². The molecule has 0 heterocycles. The molecule has 2 N–H and O–H groups in total. The van der Waals surface area contributed by atoms with Crippen molar-refractivity contribution in [1.29, 1.82) is 5.26 Å². The molecule has 0 saturated carbocycles. The number of benzene rings is 1. The van der Waals surface area contributed by atoms with Crippen LogP contribution in [0.4, 0.5) is 0 Å². The first-order valence-corrected chi connectivity index (χ1v) is 6.25. The van der Waals surface area contributed by atoms with Gasteiger partial charge in [0, 0.05) is 12.3 Å². The van der Waals surface area contributed by atoms with Crippen molar-refractivity contribution in [2.75, 3.05) is 6.26 Å². The van der Waals surface area contributed by atoms with Gasteiger partial charge in [0.05, 0.1) is 10.5 Å². The van der Waals surface area contributed by atoms with Gasteiger partial charge in [0.25, 0.3) is 0 Å². The van der Waals surface area contributed by atoms with Gasteiger partial charge in [-0.3, -0.25) is 0 Å². The van der Waals surface area contributed by atoms with Crippen LogP contribution in [0.1, 0.15) is 24.1 Å². The quantitative estimate of drug-likeness (QED) is 0.811. The lowest BCUT2D eigenvalue weighted by Gasteiger charge is -2.12. The van der Waals surface area contributed by atoms with E-state index in [0.717, 1.165) is 6.26 Å². The standard InChI is InChI=1S/C10H12N2O2S/c1-7(12)9-5-3-4-8(6-11)10(9)15(2,13)14/h3-5,7H,12H2,1-2H3. The average molecular weight is 224 g/mol. The molecule has 0 aromatic heterocycles. The molecule has 80 valence electrons. The SMILES string of the molecule is CC(N)c1cccc(C#N)c1S(C)(=O)=O. The highest BCUT2D eigenvalue weighted by atomic mass is 32.2. The minimum Gasteiger partial charge on any atom is -0.324 e. The lowest BCUT2D eigenvalue weighted by atomic mass is 10.1. The predicted molar refractivity (Wildman–Crippen MR) is 56.9 cm³/mol. The Bertz CT molecular complexity index is 513. The summed E-state index contributed by atoms with van der Waals surface area (Å²) in [5.74, 6) is 0. The summed E-state index contributed by atoms with van der Waals surface area (Å²) >= 11 is 0. The van der Waals surface area contributed by atoms with E-state index in [-0.39, 0.29) is 10.5 Å². The Kier molecular flexibility index (Phi) is 3.12. The fraction of sp³-hybridized carbons (Fsp3) is 0.300. The minimum atomic E-state index is -3.42. The Labute approximate surface area is 89.2 Å². The van der Waals surface area contributed by atoms with Crippen LogP contribution < -0.4 is 5.73 Å². The van der Waals surface area contributed by atoms with Gasteiger partial charge in [-0.15, -0.1) is 0 Å². The van der Waals surface area contributed by atoms with E-state index in [2.05, 4.69) is 0 Å². The molecule has 0 amide bonds. The molecule has 0 radical (unpaired) electrons. The van der Waals surface area contributed by atoms with Crippen LogP contribution in [0.5, 0.6) is 0 Å². The highest BCUT2D eigenvalue weighted by Gasteiger charge is 2.19. The Morgan fingerprint density at radius 2 is 2.07 bits per heavy atom. The summed E-state index contributed by atoms with van der Waals surface area (Å²) in [4.78, 5) is 0.0440. The zero-order chi connectivity index (χ0) is 11.6. The minimum absolute atomic E-state index is 0.0440. The number of hydrogen-bond donors (Lipinski definition) is 1. The van der Waals surface area contributed by atoms with E-state index in [1.807, 2.05) is 6.07 Å². The van der Waals surface area contributed by atoms with E-state index < -0.39 is 15.9 Å². The van der Waals surface area contributed by atoms with Crippen LogP contribution in [0, 0.1) is 11.3 Å². The van der Waals surface area contributed by atoms with Gasteiger partial charge in [-0.1, -0.05) is 12.1 Å². The van der Waals surface area contributed by atoms with Crippen LogP contribution in [0.2, 0.25) is 0 Å². The molecular formula is C10H12N2O2S. The molecule has 0 aliphatic heterocycles. The second-order valence-electron chi connectivity index (χ2n) is 3.40. The average Bonchev–Trinajstić information content (AvgIpc) is 2.15. The molecular weight excluding hydrogens is 212 g/mol. The Morgan fingerprint density at radius 3 is 2.47 bits per heavy atom. The van der Waals surface area contributed by atoms with E-state index >= 15 is 0 Å². The first-order valence-electron chi connectivity index (χ1n) is 4.36. The van der Waals surface area contributed by atoms with Crippen molar-refractivity contribution >= 4 is 9.84 Å². The smallest absolute Gasteiger partial charge is 0.177 e. The number of hydrogen-bond acceptors (Lipinski definition) is 4. The third kappa shape index (κ3) is 2.35. The van der Waals surface area contributed by atoms with Crippen molar-refractivity contribution in [2.24, 2.45) is 5.73 Å². The Morgan fingerprint density at radius 1 is 1.47 bits per heavy atom. The maximum atomic E-state index is 11.5. The molecule has 1 unspecified atom stereocenters. The first-order chi connectivity index (χ1) is 6.88. The highest BCUT2D eigenvalue weighted by Crippen LogP contribution is 2.24. The zero-order valence-corrected chi connectivity index (χ0v) is 9.38. The second-order valence-corrected chi connectivity index (χ2v) is 5.35. The third-order valence-corrected chi connectivity index (χ3v) is 3.22. The monoisotopic (exact) mass is 224 g/mol. The van der Waals surface area contributed by atoms with Crippen LogP contribution in [-0.4, -0.2) is 14.7 Å². The fourth-order valence-corrected chi connectivity index (χ4v) is 2.61. The van der Waals surface area contributed by atoms with Gasteiger partial charge in [-0.2, -0.15) is 5.26 Å². The fourth-order valence-electron chi connectivity index (χ4n) is 1.42. The van der Waals surface area contributed by atoms with Crippen LogP contribution >= 0.6 is 0 Å². The van der Waals surface area contributed by atoms with E-state index in [1.54, 1.807) is 19.1 Å². The molecule has 0 spiro atoms. The number of nitrogens with zero attached hydrogens (tertiary/aromatic N) is 1. The van der Waals surface area contributed by atoms with Crippen molar-refractivity contribution in [3.63, 3.8) is 0 Å². The molecule has 0 aliphatic carbocycles. The molecule has 1 rings (SSSR count). The van der Waals surface area contributed by atoms with Gasteiger partial charge in [0.15, 0.2) is 9.84 Å². The van der Waals surface area contributed by atoms with Crippen LogP contribution in [0.3, 0.4) is 0 Å². The lowest BCUT2D eigenvalue weighted by Crippen LogP contribution is -2.12. The Hall–Kier alpha value is -1.38. The van der Waals surface area contributed by atoms with Gasteiger partial charge in [0.2, 0.25) is 0 Å². The van der Waals surface area contributed by atoms with Crippen molar-refractivity contribution < 1.29 is 8.42 Å². The van der Waals surface area contributed by atoms with Crippen molar-refractivity contribution in [2.45, 2.75) is 17.9 Å². The summed E-state index contributed by atoms with van der Waals surface area (Å²) in [6, 6.07) is 6.18. The molecule has 0 bridgehead atoms. The summed E-state index contributed by atoms with van der Waals surface area (Å²) in [5.41, 5.74) is 6.29. The van der Waals surface area contributed by atoms with Crippen molar-refractivity contribution in [1.82, 2.24) is 0 Å². The number of rotatable bonds is 2. The molecule has 5 heteroatoms. The molecule has 1 atom stereocenters. The van der Waals surface area contributed by atoms with Crippen LogP contribution in [0.25, 0.3) is 0 Å². The number of nitrogens with two attached hydrogens (primary N) is 1. The van der Waals surface area contributed by atoms with Gasteiger partial charge < -0.3 is 5.73 Å². The van der Waals surface area contributed by atoms with E-state index in [1.165, 1.54) is 6.07 Å². The highest BCUT2D eigenvalue weighted by molar-refractivity contribution is 7.90.